The molecule has 1 saturated heterocycles. The van der Waals surface area contributed by atoms with E-state index in [4.69, 9.17) is 18.9 Å². The van der Waals surface area contributed by atoms with E-state index in [2.05, 4.69) is 0 Å². The highest BCUT2D eigenvalue weighted by molar-refractivity contribution is 5.42. The van der Waals surface area contributed by atoms with Crippen molar-refractivity contribution < 1.29 is 34.3 Å². The lowest BCUT2D eigenvalue weighted by molar-refractivity contribution is -0.235. The molecule has 33 heavy (non-hydrogen) atoms. The van der Waals surface area contributed by atoms with Gasteiger partial charge < -0.3 is 34.3 Å². The number of hydrogen-bond acceptors (Lipinski definition) is 7. The zero-order valence-corrected chi connectivity index (χ0v) is 18.8. The Bertz CT molecular complexity index is 946. The summed E-state index contributed by atoms with van der Waals surface area (Å²) in [5.41, 5.74) is 2.84. The van der Waals surface area contributed by atoms with Crippen molar-refractivity contribution in [1.29, 1.82) is 0 Å². The van der Waals surface area contributed by atoms with Gasteiger partial charge in [-0.1, -0.05) is 18.2 Å². The summed E-state index contributed by atoms with van der Waals surface area (Å²) in [6.07, 6.45) is -3.66. The third kappa shape index (κ3) is 4.88. The Kier molecular flexibility index (Phi) is 6.58. The Labute approximate surface area is 193 Å². The predicted octanol–water partition coefficient (Wildman–Crippen LogP) is 2.24. The minimum atomic E-state index is -1.34. The topological polar surface area (TPSA) is 97.6 Å². The number of ether oxygens (including phenoxy) is 4. The molecule has 7 atom stereocenters. The zero-order valence-electron chi connectivity index (χ0n) is 18.8. The smallest absolute Gasteiger partial charge is 0.125 e. The van der Waals surface area contributed by atoms with E-state index in [1.165, 1.54) is 0 Å². The molecule has 2 aromatic rings. The first-order valence-electron chi connectivity index (χ1n) is 11.8. The van der Waals surface area contributed by atoms with Crippen LogP contribution >= 0.6 is 0 Å². The Morgan fingerprint density at radius 2 is 1.64 bits per heavy atom. The molecule has 3 N–H and O–H groups in total. The molecule has 2 aliphatic heterocycles. The lowest BCUT2D eigenvalue weighted by Crippen LogP contribution is -2.55. The van der Waals surface area contributed by atoms with E-state index in [-0.39, 0.29) is 6.61 Å². The maximum Gasteiger partial charge on any atom is 0.125 e. The minimum absolute atomic E-state index is 0.173. The fourth-order valence-corrected chi connectivity index (χ4v) is 4.76. The third-order valence-electron chi connectivity index (χ3n) is 6.87. The normalized spacial score (nSPS) is 33.5. The van der Waals surface area contributed by atoms with Crippen molar-refractivity contribution in [3.8, 4) is 11.5 Å². The fourth-order valence-electron chi connectivity index (χ4n) is 4.76. The van der Waals surface area contributed by atoms with Gasteiger partial charge in [-0.2, -0.15) is 0 Å². The number of aliphatic hydroxyl groups excluding tert-OH is 3. The van der Waals surface area contributed by atoms with Crippen LogP contribution in [0.1, 0.15) is 36.1 Å². The average Bonchev–Trinajstić information content (AvgIpc) is 3.57. The van der Waals surface area contributed by atoms with Gasteiger partial charge in [0, 0.05) is 12.2 Å². The van der Waals surface area contributed by atoms with Gasteiger partial charge in [-0.05, 0) is 67.0 Å². The Hall–Kier alpha value is -2.16. The highest BCUT2D eigenvalue weighted by Gasteiger charge is 2.46. The molecule has 2 heterocycles. The molecule has 0 amide bonds. The van der Waals surface area contributed by atoms with Gasteiger partial charge >= 0.3 is 0 Å². The van der Waals surface area contributed by atoms with Crippen LogP contribution in [0, 0.1) is 11.8 Å². The molecular weight excluding hydrogens is 424 g/mol. The van der Waals surface area contributed by atoms with Crippen LogP contribution in [0.4, 0.5) is 0 Å². The van der Waals surface area contributed by atoms with Crippen molar-refractivity contribution in [2.24, 2.45) is 11.8 Å². The average molecular weight is 457 g/mol. The van der Waals surface area contributed by atoms with Crippen LogP contribution in [0.25, 0.3) is 0 Å². The monoisotopic (exact) mass is 456 g/mol. The van der Waals surface area contributed by atoms with E-state index in [9.17, 15) is 15.3 Å². The Balaban J connectivity index is 1.44. The van der Waals surface area contributed by atoms with Crippen molar-refractivity contribution in [2.45, 2.75) is 50.3 Å². The zero-order chi connectivity index (χ0) is 22.9. The predicted molar refractivity (Wildman–Crippen MR) is 120 cm³/mol. The maximum absolute atomic E-state index is 10.8. The highest BCUT2D eigenvalue weighted by Crippen LogP contribution is 2.42. The van der Waals surface area contributed by atoms with Crippen LogP contribution in [-0.2, 0) is 15.9 Å². The summed E-state index contributed by atoms with van der Waals surface area (Å²) in [5.74, 6) is 2.37. The van der Waals surface area contributed by atoms with E-state index < -0.39 is 30.5 Å². The number of aliphatic hydroxyl groups is 3. The summed E-state index contributed by atoms with van der Waals surface area (Å²) in [6, 6.07) is 13.9. The molecule has 2 bridgehead atoms. The van der Waals surface area contributed by atoms with Crippen LogP contribution < -0.4 is 9.47 Å². The SMILES string of the molecule is CCOc1ccc(Cc2ccc3c(c2)[C@@H]2O[C@H](COC[C@@H]4C[C@@H]4CO3)[C@@H](O)[C@H](O)[C@H]2O)cc1. The summed E-state index contributed by atoms with van der Waals surface area (Å²) in [6.45, 7) is 3.92. The minimum Gasteiger partial charge on any atom is -0.494 e. The summed E-state index contributed by atoms with van der Waals surface area (Å²) >= 11 is 0. The van der Waals surface area contributed by atoms with Crippen LogP contribution in [0.15, 0.2) is 42.5 Å². The number of rotatable bonds is 4. The summed E-state index contributed by atoms with van der Waals surface area (Å²) in [4.78, 5) is 0. The Morgan fingerprint density at radius 1 is 0.879 bits per heavy atom. The molecule has 0 radical (unpaired) electrons. The molecule has 0 unspecified atom stereocenters. The molecule has 2 aromatic carbocycles. The second kappa shape index (κ2) is 9.60. The second-order valence-electron chi connectivity index (χ2n) is 9.30. The van der Waals surface area contributed by atoms with E-state index >= 15 is 0 Å². The molecule has 5 rings (SSSR count). The summed E-state index contributed by atoms with van der Waals surface area (Å²) in [5, 5.41) is 31.8. The molecular formula is C26H32O7. The van der Waals surface area contributed by atoms with Crippen LogP contribution in [-0.4, -0.2) is 66.2 Å². The fraction of sp³-hybridized carbons (Fsp3) is 0.538. The van der Waals surface area contributed by atoms with Gasteiger partial charge in [0.15, 0.2) is 0 Å². The Morgan fingerprint density at radius 3 is 2.42 bits per heavy atom. The van der Waals surface area contributed by atoms with Crippen LogP contribution in [0.2, 0.25) is 0 Å². The lowest BCUT2D eigenvalue weighted by Gasteiger charge is -2.41. The maximum atomic E-state index is 10.8. The van der Waals surface area contributed by atoms with Gasteiger partial charge in [0.05, 0.1) is 19.8 Å². The molecule has 7 heteroatoms. The van der Waals surface area contributed by atoms with Gasteiger partial charge in [0.1, 0.15) is 42.0 Å². The van der Waals surface area contributed by atoms with Gasteiger partial charge in [0.2, 0.25) is 0 Å². The number of fused-ring (bicyclic) bond motifs is 5. The highest BCUT2D eigenvalue weighted by atomic mass is 16.6. The first kappa shape index (κ1) is 22.6. The summed E-state index contributed by atoms with van der Waals surface area (Å²) in [7, 11) is 0. The third-order valence-corrected chi connectivity index (χ3v) is 6.87. The number of benzene rings is 2. The van der Waals surface area contributed by atoms with E-state index in [0.717, 1.165) is 23.3 Å². The standard InChI is InChI=1S/C26H32O7/c1-2-31-19-6-3-15(4-7-19)9-16-5-8-21-20(10-16)26-25(29)24(28)23(27)22(33-26)14-30-12-17-11-18(17)13-32-21/h3-8,10,17-18,22-29H,2,9,11-14H2,1H3/t17-,18+,22+,23+,24-,25+,26-/m0/s1. The number of hydrogen-bond donors (Lipinski definition) is 3. The molecule has 2 fully saturated rings. The van der Waals surface area contributed by atoms with Gasteiger partial charge in [0.25, 0.3) is 0 Å². The summed E-state index contributed by atoms with van der Waals surface area (Å²) < 4.78 is 23.6. The quantitative estimate of drug-likeness (QED) is 0.649. The van der Waals surface area contributed by atoms with Crippen molar-refractivity contribution in [1.82, 2.24) is 0 Å². The van der Waals surface area contributed by atoms with Crippen LogP contribution in [0.5, 0.6) is 11.5 Å². The first-order chi connectivity index (χ1) is 16.0. The lowest BCUT2D eigenvalue weighted by atomic mass is 9.89. The van der Waals surface area contributed by atoms with E-state index in [0.29, 0.717) is 49.4 Å². The van der Waals surface area contributed by atoms with Crippen LogP contribution in [0.3, 0.4) is 0 Å². The van der Waals surface area contributed by atoms with Crippen molar-refractivity contribution >= 4 is 0 Å². The van der Waals surface area contributed by atoms with Crippen molar-refractivity contribution in [3.63, 3.8) is 0 Å². The molecule has 0 spiro atoms. The van der Waals surface area contributed by atoms with E-state index in [1.54, 1.807) is 0 Å². The molecule has 1 aliphatic carbocycles. The molecule has 3 aliphatic rings. The van der Waals surface area contributed by atoms with Crippen molar-refractivity contribution in [3.05, 3.63) is 59.2 Å². The van der Waals surface area contributed by atoms with Gasteiger partial charge in [-0.25, -0.2) is 0 Å². The first-order valence-corrected chi connectivity index (χ1v) is 11.8. The van der Waals surface area contributed by atoms with E-state index in [1.807, 2.05) is 49.4 Å². The van der Waals surface area contributed by atoms with Gasteiger partial charge in [-0.3, -0.25) is 0 Å². The molecule has 178 valence electrons. The second-order valence-corrected chi connectivity index (χ2v) is 9.30. The largest absolute Gasteiger partial charge is 0.494 e. The molecule has 0 aromatic heterocycles. The molecule has 1 saturated carbocycles. The van der Waals surface area contributed by atoms with Gasteiger partial charge in [-0.15, -0.1) is 0 Å². The van der Waals surface area contributed by atoms with Crippen molar-refractivity contribution in [2.75, 3.05) is 26.4 Å². The molecule has 7 nitrogen and oxygen atoms in total.